The number of carbonyl (C=O) groups is 1. The van der Waals surface area contributed by atoms with E-state index in [4.69, 9.17) is 0 Å². The van der Waals surface area contributed by atoms with Gasteiger partial charge in [0.2, 0.25) is 5.69 Å². The van der Waals surface area contributed by atoms with Gasteiger partial charge in [-0.25, -0.2) is 5.43 Å². The lowest BCUT2D eigenvalue weighted by atomic mass is 10.1. The molecular weight excluding hydrogens is 472 g/mol. The first kappa shape index (κ1) is 21.8. The number of non-ortho nitro benzene ring substituents is 1. The van der Waals surface area contributed by atoms with Gasteiger partial charge >= 0.3 is 5.69 Å². The van der Waals surface area contributed by atoms with Gasteiger partial charge in [-0.15, -0.1) is 0 Å². The molecule has 0 aliphatic rings. The molecule has 12 heteroatoms. The van der Waals surface area contributed by atoms with E-state index in [1.54, 1.807) is 6.92 Å². The molecule has 31 heavy (non-hydrogen) atoms. The van der Waals surface area contributed by atoms with Crippen LogP contribution in [0.1, 0.15) is 28.5 Å². The summed E-state index contributed by atoms with van der Waals surface area (Å²) in [5.74, 6) is -0.846. The van der Waals surface area contributed by atoms with E-state index in [9.17, 15) is 25.0 Å². The van der Waals surface area contributed by atoms with Crippen LogP contribution in [0.4, 0.5) is 11.4 Å². The van der Waals surface area contributed by atoms with E-state index >= 15 is 0 Å². The summed E-state index contributed by atoms with van der Waals surface area (Å²) in [7, 11) is 0. The number of nitro groups is 2. The van der Waals surface area contributed by atoms with Crippen LogP contribution < -0.4 is 5.43 Å². The predicted octanol–water partition coefficient (Wildman–Crippen LogP) is 3.66. The largest absolute Gasteiger partial charge is 0.320 e. The number of nitro benzene ring substituents is 1. The van der Waals surface area contributed by atoms with Crippen LogP contribution in [0.3, 0.4) is 0 Å². The van der Waals surface area contributed by atoms with E-state index in [2.05, 4.69) is 31.6 Å². The average molecular weight is 487 g/mol. The fraction of sp³-hybridized carbons (Fsp3) is 0.105. The topological polar surface area (TPSA) is 146 Å². The summed E-state index contributed by atoms with van der Waals surface area (Å²) in [5.41, 5.74) is 3.09. The minimum Gasteiger partial charge on any atom is -0.265 e. The van der Waals surface area contributed by atoms with Crippen LogP contribution in [0.25, 0.3) is 0 Å². The highest BCUT2D eigenvalue weighted by Crippen LogP contribution is 2.19. The van der Waals surface area contributed by atoms with Crippen LogP contribution >= 0.6 is 15.9 Å². The highest BCUT2D eigenvalue weighted by Gasteiger charge is 2.25. The maximum absolute atomic E-state index is 12.5. The molecule has 0 saturated heterocycles. The van der Waals surface area contributed by atoms with Gasteiger partial charge in [0.25, 0.3) is 11.6 Å². The number of halogens is 1. The summed E-state index contributed by atoms with van der Waals surface area (Å²) in [4.78, 5) is 33.4. The van der Waals surface area contributed by atoms with Crippen molar-refractivity contribution in [2.75, 3.05) is 0 Å². The zero-order valence-electron chi connectivity index (χ0n) is 16.1. The lowest BCUT2D eigenvalue weighted by molar-refractivity contribution is -0.385. The van der Waals surface area contributed by atoms with E-state index in [-0.39, 0.29) is 17.9 Å². The molecule has 0 fully saturated rings. The van der Waals surface area contributed by atoms with E-state index in [1.165, 1.54) is 35.1 Å². The van der Waals surface area contributed by atoms with Crippen LogP contribution in [0, 0.1) is 20.2 Å². The Balaban J connectivity index is 1.78. The van der Waals surface area contributed by atoms with Crippen molar-refractivity contribution < 1.29 is 14.6 Å². The molecule has 2 aromatic carbocycles. The predicted molar refractivity (Wildman–Crippen MR) is 115 cm³/mol. The van der Waals surface area contributed by atoms with E-state index in [0.29, 0.717) is 11.3 Å². The lowest BCUT2D eigenvalue weighted by Crippen LogP contribution is -2.21. The molecule has 3 rings (SSSR count). The monoisotopic (exact) mass is 486 g/mol. The Labute approximate surface area is 183 Å². The average Bonchev–Trinajstić information content (AvgIpc) is 3.16. The molecule has 0 atom stereocenters. The Hall–Kier alpha value is -3.93. The van der Waals surface area contributed by atoms with Crippen molar-refractivity contribution in [3.8, 4) is 0 Å². The molecule has 0 unspecified atom stereocenters. The number of benzene rings is 2. The van der Waals surface area contributed by atoms with Gasteiger partial charge in [0.1, 0.15) is 6.20 Å². The number of amides is 1. The molecule has 0 aliphatic heterocycles. The molecule has 0 aliphatic carbocycles. The molecule has 3 aromatic rings. The minimum absolute atomic E-state index is 0.0767. The number of aromatic nitrogens is 2. The minimum atomic E-state index is -0.846. The maximum Gasteiger partial charge on any atom is 0.320 e. The van der Waals surface area contributed by atoms with Crippen molar-refractivity contribution in [2.45, 2.75) is 13.5 Å². The number of hydrogen-bond acceptors (Lipinski definition) is 7. The van der Waals surface area contributed by atoms with Crippen molar-refractivity contribution >= 4 is 38.9 Å². The van der Waals surface area contributed by atoms with Crippen LogP contribution in [-0.2, 0) is 6.54 Å². The molecule has 1 amide bonds. The normalized spacial score (nSPS) is 11.2. The third kappa shape index (κ3) is 5.36. The molecule has 0 saturated carbocycles. The number of nitrogens with zero attached hydrogens (tertiary/aromatic N) is 5. The summed E-state index contributed by atoms with van der Waals surface area (Å²) in [6.07, 6.45) is 1.18. The van der Waals surface area contributed by atoms with Gasteiger partial charge in [0, 0.05) is 16.6 Å². The maximum atomic E-state index is 12.5. The highest BCUT2D eigenvalue weighted by atomic mass is 79.9. The summed E-state index contributed by atoms with van der Waals surface area (Å²) in [5, 5.41) is 30.1. The van der Waals surface area contributed by atoms with Crippen LogP contribution in [-0.4, -0.2) is 31.2 Å². The number of hydrazone groups is 1. The van der Waals surface area contributed by atoms with Gasteiger partial charge in [-0.3, -0.25) is 29.7 Å². The Bertz CT molecular complexity index is 1190. The fourth-order valence-corrected chi connectivity index (χ4v) is 3.13. The first-order valence-electron chi connectivity index (χ1n) is 8.80. The second kappa shape index (κ2) is 9.26. The second-order valence-electron chi connectivity index (χ2n) is 6.39. The molecule has 0 bridgehead atoms. The Morgan fingerprint density at radius 2 is 1.87 bits per heavy atom. The quantitative estimate of drug-likeness (QED) is 0.306. The fourth-order valence-electron chi connectivity index (χ4n) is 2.69. The van der Waals surface area contributed by atoms with Gasteiger partial charge in [0.05, 0.1) is 22.1 Å². The van der Waals surface area contributed by atoms with Gasteiger partial charge in [-0.05, 0) is 42.3 Å². The number of hydrogen-bond donors (Lipinski definition) is 1. The van der Waals surface area contributed by atoms with E-state index < -0.39 is 21.4 Å². The van der Waals surface area contributed by atoms with Crippen molar-refractivity contribution in [1.29, 1.82) is 0 Å². The molecule has 1 aromatic heterocycles. The highest BCUT2D eigenvalue weighted by molar-refractivity contribution is 9.10. The third-order valence-electron chi connectivity index (χ3n) is 4.21. The van der Waals surface area contributed by atoms with Gasteiger partial charge in [-0.1, -0.05) is 28.1 Å². The standard InChI is InChI=1S/C19H15BrN6O5/c1-12(14-5-7-16(8-6-14)25(28)29)21-22-19(27)18-17(26(30)31)11-24(23-18)10-13-3-2-4-15(20)9-13/h2-9,11H,10H2,1H3,(H,22,27)/b21-12+. The number of rotatable bonds is 7. The van der Waals surface area contributed by atoms with Crippen molar-refractivity contribution in [3.63, 3.8) is 0 Å². The van der Waals surface area contributed by atoms with E-state index in [1.807, 2.05) is 24.3 Å². The summed E-state index contributed by atoms with van der Waals surface area (Å²) < 4.78 is 2.16. The van der Waals surface area contributed by atoms with E-state index in [0.717, 1.165) is 10.0 Å². The first-order valence-corrected chi connectivity index (χ1v) is 9.59. The SMILES string of the molecule is C/C(=N\NC(=O)c1nn(Cc2cccc(Br)c2)cc1[N+](=O)[O-])c1ccc([N+](=O)[O-])cc1. The summed E-state index contributed by atoms with van der Waals surface area (Å²) in [6, 6.07) is 12.9. The zero-order chi connectivity index (χ0) is 22.5. The molecule has 158 valence electrons. The van der Waals surface area contributed by atoms with Crippen LogP contribution in [0.15, 0.2) is 64.3 Å². The summed E-state index contributed by atoms with van der Waals surface area (Å²) >= 11 is 3.36. The third-order valence-corrected chi connectivity index (χ3v) is 4.70. The van der Waals surface area contributed by atoms with Crippen molar-refractivity contribution in [3.05, 3.63) is 96.2 Å². The zero-order valence-corrected chi connectivity index (χ0v) is 17.6. The number of nitrogens with one attached hydrogen (secondary N) is 1. The molecule has 0 radical (unpaired) electrons. The van der Waals surface area contributed by atoms with Crippen LogP contribution in [0.5, 0.6) is 0 Å². The molecule has 0 spiro atoms. The second-order valence-corrected chi connectivity index (χ2v) is 7.31. The Kier molecular flexibility index (Phi) is 6.50. The Morgan fingerprint density at radius 1 is 1.16 bits per heavy atom. The van der Waals surface area contributed by atoms with Crippen LogP contribution in [0.2, 0.25) is 0 Å². The smallest absolute Gasteiger partial charge is 0.265 e. The van der Waals surface area contributed by atoms with Crippen molar-refractivity contribution in [2.24, 2.45) is 5.10 Å². The summed E-state index contributed by atoms with van der Waals surface area (Å²) in [6.45, 7) is 1.82. The molecule has 1 N–H and O–H groups in total. The first-order chi connectivity index (χ1) is 14.7. The lowest BCUT2D eigenvalue weighted by Gasteiger charge is -2.02. The van der Waals surface area contributed by atoms with Gasteiger partial charge in [0.15, 0.2) is 0 Å². The molecule has 11 nitrogen and oxygen atoms in total. The van der Waals surface area contributed by atoms with Gasteiger partial charge in [-0.2, -0.15) is 10.2 Å². The Morgan fingerprint density at radius 3 is 2.48 bits per heavy atom. The van der Waals surface area contributed by atoms with Crippen molar-refractivity contribution in [1.82, 2.24) is 15.2 Å². The molecular formula is C19H15BrN6O5. The molecule has 1 heterocycles. The van der Waals surface area contributed by atoms with Gasteiger partial charge < -0.3 is 0 Å². The number of carbonyl (C=O) groups excluding carboxylic acids is 1.